The molecule has 0 spiro atoms. The second-order valence-corrected chi connectivity index (χ2v) is 6.08. The minimum Gasteiger partial charge on any atom is -0.294 e. The van der Waals surface area contributed by atoms with Crippen LogP contribution in [0, 0.1) is 0 Å². The second kappa shape index (κ2) is 5.37. The molecule has 0 amide bonds. The molecule has 2 aromatic rings. The summed E-state index contributed by atoms with van der Waals surface area (Å²) in [5.41, 5.74) is 7.04. The summed E-state index contributed by atoms with van der Waals surface area (Å²) in [5.74, 6) is 0. The van der Waals surface area contributed by atoms with Crippen molar-refractivity contribution in [1.82, 2.24) is 10.1 Å². The van der Waals surface area contributed by atoms with Gasteiger partial charge in [0.2, 0.25) is 4.80 Å². The van der Waals surface area contributed by atoms with Gasteiger partial charge in [-0.25, -0.2) is 0 Å². The van der Waals surface area contributed by atoms with Crippen LogP contribution in [-0.2, 0) is 0 Å². The lowest BCUT2D eigenvalue weighted by molar-refractivity contribution is 0.294. The van der Waals surface area contributed by atoms with Crippen LogP contribution >= 0.6 is 11.3 Å². The Morgan fingerprint density at radius 2 is 2.00 bits per heavy atom. The summed E-state index contributed by atoms with van der Waals surface area (Å²) >= 11 is 1.38. The van der Waals surface area contributed by atoms with E-state index in [0.717, 1.165) is 18.4 Å². The van der Waals surface area contributed by atoms with Crippen molar-refractivity contribution >= 4 is 17.4 Å². The Morgan fingerprint density at radius 1 is 1.29 bits per heavy atom. The molecule has 1 aromatic heterocycles. The number of hydrogen-bond acceptors (Lipinski definition) is 5. The lowest BCUT2D eigenvalue weighted by Gasteiger charge is -2.35. The molecular weight excluding hydrogens is 284 g/mol. The zero-order valence-corrected chi connectivity index (χ0v) is 12.9. The van der Waals surface area contributed by atoms with E-state index in [0.29, 0.717) is 9.33 Å². The predicted molar refractivity (Wildman–Crippen MR) is 85.2 cm³/mol. The van der Waals surface area contributed by atoms with Crippen LogP contribution in [0.4, 0.5) is 0 Å². The zero-order valence-electron chi connectivity index (χ0n) is 12.1. The lowest BCUT2D eigenvalue weighted by atomic mass is 10.1. The molecular formula is C15H18N4OS. The van der Waals surface area contributed by atoms with Gasteiger partial charge < -0.3 is 0 Å². The van der Waals surface area contributed by atoms with Crippen molar-refractivity contribution in [1.29, 1.82) is 0 Å². The number of hydrogen-bond donors (Lipinski definition) is 2. The lowest BCUT2D eigenvalue weighted by Crippen LogP contribution is -2.60. The normalized spacial score (nSPS) is 16.6. The first-order valence-corrected chi connectivity index (χ1v) is 7.91. The fraction of sp³-hybridized carbons (Fsp3) is 0.333. The van der Waals surface area contributed by atoms with Crippen molar-refractivity contribution in [3.8, 4) is 0 Å². The van der Waals surface area contributed by atoms with Crippen LogP contribution < -0.4 is 25.7 Å². The maximum Gasteiger partial charge on any atom is 0.289 e. The molecule has 1 aliphatic rings. The van der Waals surface area contributed by atoms with E-state index in [1.165, 1.54) is 11.3 Å². The molecule has 0 aliphatic carbocycles. The van der Waals surface area contributed by atoms with Crippen LogP contribution in [0.3, 0.4) is 0 Å². The second-order valence-electron chi connectivity index (χ2n) is 5.07. The van der Waals surface area contributed by atoms with Crippen LogP contribution in [0.1, 0.15) is 32.3 Å². The highest BCUT2D eigenvalue weighted by Gasteiger charge is 2.29. The number of rotatable bonds is 3. The molecule has 0 saturated carbocycles. The summed E-state index contributed by atoms with van der Waals surface area (Å²) in [6, 6.07) is 9.84. The number of thiazole rings is 1. The summed E-state index contributed by atoms with van der Waals surface area (Å²) in [7, 11) is 0. The average molecular weight is 302 g/mol. The molecule has 0 bridgehead atoms. The molecule has 5 nitrogen and oxygen atoms in total. The van der Waals surface area contributed by atoms with Crippen LogP contribution in [0.5, 0.6) is 0 Å². The molecule has 21 heavy (non-hydrogen) atoms. The van der Waals surface area contributed by atoms with Crippen LogP contribution in [-0.4, -0.2) is 10.3 Å². The Balaban J connectivity index is 2.09. The zero-order chi connectivity index (χ0) is 14.9. The molecule has 0 radical (unpaired) electrons. The maximum absolute atomic E-state index is 12.5. The van der Waals surface area contributed by atoms with Gasteiger partial charge in [0, 0.05) is 0 Å². The SMILES string of the molecule is CCC1(CC)NN=c2s/c(=C/c3ccccc3)c(=O)n2N1. The van der Waals surface area contributed by atoms with E-state index in [2.05, 4.69) is 29.8 Å². The highest BCUT2D eigenvalue weighted by molar-refractivity contribution is 7.07. The topological polar surface area (TPSA) is 58.4 Å². The Morgan fingerprint density at radius 3 is 2.67 bits per heavy atom. The van der Waals surface area contributed by atoms with Crippen molar-refractivity contribution in [2.75, 3.05) is 5.43 Å². The molecule has 3 rings (SSSR count). The third-order valence-electron chi connectivity index (χ3n) is 3.80. The molecule has 0 saturated heterocycles. The summed E-state index contributed by atoms with van der Waals surface area (Å²) in [4.78, 5) is 13.2. The van der Waals surface area contributed by atoms with Gasteiger partial charge in [-0.05, 0) is 24.5 Å². The number of fused-ring (bicyclic) bond motifs is 1. The van der Waals surface area contributed by atoms with Gasteiger partial charge in [0.15, 0.2) is 0 Å². The molecule has 6 heteroatoms. The molecule has 1 aliphatic heterocycles. The Labute approximate surface area is 126 Å². The quantitative estimate of drug-likeness (QED) is 0.887. The van der Waals surface area contributed by atoms with Crippen molar-refractivity contribution in [3.63, 3.8) is 0 Å². The first-order chi connectivity index (χ1) is 10.2. The van der Waals surface area contributed by atoms with Gasteiger partial charge in [0.1, 0.15) is 5.66 Å². The third-order valence-corrected chi connectivity index (χ3v) is 4.77. The average Bonchev–Trinajstić information content (AvgIpc) is 2.84. The summed E-state index contributed by atoms with van der Waals surface area (Å²) in [5, 5.41) is 4.36. The van der Waals surface area contributed by atoms with Gasteiger partial charge in [0.25, 0.3) is 5.56 Å². The van der Waals surface area contributed by atoms with E-state index in [4.69, 9.17) is 0 Å². The molecule has 0 atom stereocenters. The molecule has 0 unspecified atom stereocenters. The highest BCUT2D eigenvalue weighted by atomic mass is 32.1. The number of nitrogens with one attached hydrogen (secondary N) is 2. The van der Waals surface area contributed by atoms with Crippen molar-refractivity contribution in [3.05, 3.63) is 55.6 Å². The van der Waals surface area contributed by atoms with Gasteiger partial charge >= 0.3 is 0 Å². The molecule has 2 heterocycles. The van der Waals surface area contributed by atoms with E-state index in [1.54, 1.807) is 4.68 Å². The fourth-order valence-corrected chi connectivity index (χ4v) is 3.19. The Hall–Kier alpha value is -2.08. The Kier molecular flexibility index (Phi) is 3.55. The van der Waals surface area contributed by atoms with Gasteiger partial charge in [-0.1, -0.05) is 55.5 Å². The summed E-state index contributed by atoms with van der Waals surface area (Å²) in [6.45, 7) is 4.14. The summed E-state index contributed by atoms with van der Waals surface area (Å²) in [6.07, 6.45) is 3.58. The third kappa shape index (κ3) is 2.47. The van der Waals surface area contributed by atoms with E-state index in [1.807, 2.05) is 36.4 Å². The van der Waals surface area contributed by atoms with Crippen molar-refractivity contribution in [2.45, 2.75) is 32.4 Å². The smallest absolute Gasteiger partial charge is 0.289 e. The first kappa shape index (κ1) is 13.9. The van der Waals surface area contributed by atoms with Gasteiger partial charge in [-0.2, -0.15) is 4.68 Å². The summed E-state index contributed by atoms with van der Waals surface area (Å²) < 4.78 is 2.24. The van der Waals surface area contributed by atoms with Gasteiger partial charge in [0.05, 0.1) is 4.53 Å². The largest absolute Gasteiger partial charge is 0.294 e. The minimum atomic E-state index is -0.345. The van der Waals surface area contributed by atoms with E-state index >= 15 is 0 Å². The molecule has 1 aromatic carbocycles. The number of nitrogens with zero attached hydrogens (tertiary/aromatic N) is 2. The van der Waals surface area contributed by atoms with Crippen molar-refractivity contribution in [2.24, 2.45) is 5.10 Å². The molecule has 110 valence electrons. The highest BCUT2D eigenvalue weighted by Crippen LogP contribution is 2.13. The predicted octanol–water partition coefficient (Wildman–Crippen LogP) is 0.936. The van der Waals surface area contributed by atoms with E-state index < -0.39 is 0 Å². The van der Waals surface area contributed by atoms with Gasteiger partial charge in [-0.15, -0.1) is 5.10 Å². The van der Waals surface area contributed by atoms with Crippen LogP contribution in [0.25, 0.3) is 6.08 Å². The van der Waals surface area contributed by atoms with E-state index in [9.17, 15) is 4.79 Å². The number of benzene rings is 1. The van der Waals surface area contributed by atoms with Crippen molar-refractivity contribution < 1.29 is 0 Å². The minimum absolute atomic E-state index is 0.0459. The van der Waals surface area contributed by atoms with Gasteiger partial charge in [-0.3, -0.25) is 15.6 Å². The molecule has 2 N–H and O–H groups in total. The van der Waals surface area contributed by atoms with Crippen LogP contribution in [0.2, 0.25) is 0 Å². The Bertz CT molecular complexity index is 802. The van der Waals surface area contributed by atoms with Crippen LogP contribution in [0.15, 0.2) is 40.2 Å². The molecule has 0 fully saturated rings. The monoisotopic (exact) mass is 302 g/mol. The fourth-order valence-electron chi connectivity index (χ4n) is 2.31. The first-order valence-electron chi connectivity index (χ1n) is 7.09. The standard InChI is InChI=1S/C15H18N4OS/c1-3-15(4-2)17-16-14-19(18-15)13(20)12(21-14)10-11-8-6-5-7-9-11/h5-10,17-18H,3-4H2,1-2H3/b12-10+. The maximum atomic E-state index is 12.5. The number of aromatic nitrogens is 1. The van der Waals surface area contributed by atoms with E-state index in [-0.39, 0.29) is 11.2 Å².